The van der Waals surface area contributed by atoms with Crippen LogP contribution >= 0.6 is 0 Å². The molecule has 2 saturated heterocycles. The van der Waals surface area contributed by atoms with Crippen LogP contribution in [0.5, 0.6) is 0 Å². The molecule has 2 aliphatic rings. The molecule has 0 aliphatic carbocycles. The molecule has 0 aromatic heterocycles. The van der Waals surface area contributed by atoms with Gasteiger partial charge in [-0.15, -0.1) is 0 Å². The Balaban J connectivity index is 1.98. The number of aliphatic hydroxyl groups is 1. The second kappa shape index (κ2) is 3.32. The molecule has 1 N–H and O–H groups in total. The van der Waals surface area contributed by atoms with E-state index in [-0.39, 0.29) is 24.4 Å². The van der Waals surface area contributed by atoms with Gasteiger partial charge in [0, 0.05) is 13.0 Å². The maximum absolute atomic E-state index is 9.51. The summed E-state index contributed by atoms with van der Waals surface area (Å²) in [4.78, 5) is 0. The molecule has 0 bridgehead atoms. The van der Waals surface area contributed by atoms with E-state index in [1.54, 1.807) is 0 Å². The summed E-state index contributed by atoms with van der Waals surface area (Å²) >= 11 is 0. The minimum Gasteiger partial charge on any atom is -0.390 e. The highest BCUT2D eigenvalue weighted by molar-refractivity contribution is 4.85. The number of rotatable bonds is 0. The first-order chi connectivity index (χ1) is 5.77. The lowest BCUT2D eigenvalue weighted by Crippen LogP contribution is -2.49. The van der Waals surface area contributed by atoms with E-state index in [9.17, 15) is 5.11 Å². The number of ether oxygens (including phenoxy) is 2. The maximum Gasteiger partial charge on any atom is 0.0862 e. The molecule has 2 rings (SSSR count). The fourth-order valence-electron chi connectivity index (χ4n) is 1.98. The number of fused-ring (bicyclic) bond motifs is 1. The fraction of sp³-hybridized carbons (Fsp3) is 1.00. The Kier molecular flexibility index (Phi) is 2.35. The Hall–Kier alpha value is -0.120. The summed E-state index contributed by atoms with van der Waals surface area (Å²) in [6, 6.07) is 0. The first kappa shape index (κ1) is 8.48. The summed E-state index contributed by atoms with van der Waals surface area (Å²) < 4.78 is 11.1. The summed E-state index contributed by atoms with van der Waals surface area (Å²) in [6.45, 7) is 2.75. The first-order valence-electron chi connectivity index (χ1n) is 4.72. The van der Waals surface area contributed by atoms with Crippen LogP contribution in [-0.2, 0) is 9.47 Å². The second-order valence-electron chi connectivity index (χ2n) is 3.73. The lowest BCUT2D eigenvalue weighted by molar-refractivity contribution is -0.196. The van der Waals surface area contributed by atoms with E-state index in [2.05, 4.69) is 0 Å². The molecule has 0 aromatic rings. The van der Waals surface area contributed by atoms with Gasteiger partial charge in [-0.05, 0) is 19.8 Å². The van der Waals surface area contributed by atoms with Crippen LogP contribution in [0.3, 0.4) is 0 Å². The van der Waals surface area contributed by atoms with Crippen LogP contribution in [0.25, 0.3) is 0 Å². The summed E-state index contributed by atoms with van der Waals surface area (Å²) in [5, 5.41) is 9.51. The summed E-state index contributed by atoms with van der Waals surface area (Å²) in [7, 11) is 0. The van der Waals surface area contributed by atoms with Gasteiger partial charge in [-0.25, -0.2) is 0 Å². The van der Waals surface area contributed by atoms with Gasteiger partial charge in [-0.3, -0.25) is 0 Å². The van der Waals surface area contributed by atoms with E-state index in [0.29, 0.717) is 0 Å². The molecule has 12 heavy (non-hydrogen) atoms. The molecule has 4 unspecified atom stereocenters. The third-order valence-corrected chi connectivity index (χ3v) is 2.78. The van der Waals surface area contributed by atoms with Gasteiger partial charge in [-0.2, -0.15) is 0 Å². The van der Waals surface area contributed by atoms with Gasteiger partial charge in [0.2, 0.25) is 0 Å². The van der Waals surface area contributed by atoms with Gasteiger partial charge in [0.15, 0.2) is 0 Å². The standard InChI is InChI=1S/C9H16O3/c1-6-7(10)5-9-8(12-6)3-2-4-11-9/h6-10H,2-5H2,1H3. The molecule has 2 fully saturated rings. The van der Waals surface area contributed by atoms with Crippen molar-refractivity contribution < 1.29 is 14.6 Å². The Bertz CT molecular complexity index is 142. The molecule has 0 radical (unpaired) electrons. The van der Waals surface area contributed by atoms with Crippen LogP contribution in [-0.4, -0.2) is 36.1 Å². The minimum atomic E-state index is -0.343. The lowest BCUT2D eigenvalue weighted by atomic mass is 9.94. The quantitative estimate of drug-likeness (QED) is 0.584. The van der Waals surface area contributed by atoms with E-state index >= 15 is 0 Å². The zero-order valence-corrected chi connectivity index (χ0v) is 7.40. The van der Waals surface area contributed by atoms with E-state index in [4.69, 9.17) is 9.47 Å². The smallest absolute Gasteiger partial charge is 0.0862 e. The maximum atomic E-state index is 9.51. The monoisotopic (exact) mass is 172 g/mol. The number of aliphatic hydroxyl groups excluding tert-OH is 1. The zero-order chi connectivity index (χ0) is 8.55. The Morgan fingerprint density at radius 1 is 1.33 bits per heavy atom. The molecule has 0 amide bonds. The van der Waals surface area contributed by atoms with Crippen LogP contribution in [0.4, 0.5) is 0 Å². The van der Waals surface area contributed by atoms with Crippen molar-refractivity contribution in [1.29, 1.82) is 0 Å². The molecule has 0 saturated carbocycles. The van der Waals surface area contributed by atoms with Crippen LogP contribution < -0.4 is 0 Å². The summed E-state index contributed by atoms with van der Waals surface area (Å²) in [5.41, 5.74) is 0. The van der Waals surface area contributed by atoms with Crippen molar-refractivity contribution in [2.45, 2.75) is 50.6 Å². The first-order valence-corrected chi connectivity index (χ1v) is 4.72. The molecular weight excluding hydrogens is 156 g/mol. The molecule has 0 spiro atoms. The SMILES string of the molecule is CC1OC2CCCOC2CC1O. The largest absolute Gasteiger partial charge is 0.390 e. The molecule has 3 heteroatoms. The predicted octanol–water partition coefficient (Wildman–Crippen LogP) is 0.704. The molecule has 4 atom stereocenters. The van der Waals surface area contributed by atoms with Crippen LogP contribution in [0.1, 0.15) is 26.2 Å². The van der Waals surface area contributed by atoms with Crippen molar-refractivity contribution in [1.82, 2.24) is 0 Å². The fourth-order valence-corrected chi connectivity index (χ4v) is 1.98. The number of hydrogen-bond acceptors (Lipinski definition) is 3. The van der Waals surface area contributed by atoms with Crippen molar-refractivity contribution in [3.63, 3.8) is 0 Å². The van der Waals surface area contributed by atoms with Crippen molar-refractivity contribution in [3.8, 4) is 0 Å². The average Bonchev–Trinajstić information content (AvgIpc) is 2.07. The highest BCUT2D eigenvalue weighted by Crippen LogP contribution is 2.28. The van der Waals surface area contributed by atoms with Crippen molar-refractivity contribution in [2.75, 3.05) is 6.61 Å². The van der Waals surface area contributed by atoms with Crippen molar-refractivity contribution in [3.05, 3.63) is 0 Å². The van der Waals surface area contributed by atoms with E-state index < -0.39 is 0 Å². The lowest BCUT2D eigenvalue weighted by Gasteiger charge is -2.40. The van der Waals surface area contributed by atoms with Gasteiger partial charge in [0.25, 0.3) is 0 Å². The molecule has 70 valence electrons. The molecular formula is C9H16O3. The molecule has 2 aliphatic heterocycles. The third kappa shape index (κ3) is 1.49. The minimum absolute atomic E-state index is 0.0204. The van der Waals surface area contributed by atoms with Crippen LogP contribution in [0.2, 0.25) is 0 Å². The van der Waals surface area contributed by atoms with Crippen LogP contribution in [0, 0.1) is 0 Å². The molecule has 2 heterocycles. The zero-order valence-electron chi connectivity index (χ0n) is 7.40. The van der Waals surface area contributed by atoms with E-state index in [1.807, 2.05) is 6.92 Å². The number of hydrogen-bond donors (Lipinski definition) is 1. The molecule has 3 nitrogen and oxygen atoms in total. The topological polar surface area (TPSA) is 38.7 Å². The predicted molar refractivity (Wildman–Crippen MR) is 43.9 cm³/mol. The van der Waals surface area contributed by atoms with Gasteiger partial charge in [0.1, 0.15) is 0 Å². The highest BCUT2D eigenvalue weighted by Gasteiger charge is 2.36. The average molecular weight is 172 g/mol. The van der Waals surface area contributed by atoms with Gasteiger partial charge in [0.05, 0.1) is 24.4 Å². The van der Waals surface area contributed by atoms with Gasteiger partial charge < -0.3 is 14.6 Å². The van der Waals surface area contributed by atoms with Gasteiger partial charge >= 0.3 is 0 Å². The van der Waals surface area contributed by atoms with Crippen molar-refractivity contribution >= 4 is 0 Å². The van der Waals surface area contributed by atoms with Gasteiger partial charge in [-0.1, -0.05) is 0 Å². The second-order valence-corrected chi connectivity index (χ2v) is 3.73. The molecule has 0 aromatic carbocycles. The van der Waals surface area contributed by atoms with E-state index in [0.717, 1.165) is 25.9 Å². The third-order valence-electron chi connectivity index (χ3n) is 2.78. The van der Waals surface area contributed by atoms with Crippen molar-refractivity contribution in [2.24, 2.45) is 0 Å². The summed E-state index contributed by atoms with van der Waals surface area (Å²) in [5.74, 6) is 0. The Morgan fingerprint density at radius 2 is 2.17 bits per heavy atom. The van der Waals surface area contributed by atoms with E-state index in [1.165, 1.54) is 0 Å². The summed E-state index contributed by atoms with van der Waals surface area (Å²) in [6.07, 6.45) is 2.93. The highest BCUT2D eigenvalue weighted by atomic mass is 16.6. The normalized spacial score (nSPS) is 48.5. The Labute approximate surface area is 72.7 Å². The Morgan fingerprint density at radius 3 is 3.00 bits per heavy atom. The van der Waals surface area contributed by atoms with Crippen LogP contribution in [0.15, 0.2) is 0 Å².